The number of fused-ring (bicyclic) bond motifs is 3. The van der Waals surface area contributed by atoms with Gasteiger partial charge < -0.3 is 9.47 Å². The molecule has 2 saturated heterocycles. The second-order valence-corrected chi connectivity index (χ2v) is 6.96. The van der Waals surface area contributed by atoms with Crippen LogP contribution in [-0.2, 0) is 24.3 Å². The molecule has 3 aliphatic rings. The summed E-state index contributed by atoms with van der Waals surface area (Å²) in [5, 5.41) is 0. The molecule has 0 unspecified atom stereocenters. The van der Waals surface area contributed by atoms with Crippen molar-refractivity contribution in [3.05, 3.63) is 29.8 Å². The van der Waals surface area contributed by atoms with Crippen molar-refractivity contribution in [3.63, 3.8) is 0 Å². The normalized spacial score (nSPS) is 33.3. The lowest BCUT2D eigenvalue weighted by atomic mass is 10.0. The first kappa shape index (κ1) is 12.9. The highest BCUT2D eigenvalue weighted by molar-refractivity contribution is 7.90. The Morgan fingerprint density at radius 3 is 2.71 bits per heavy atom. The fourth-order valence-corrected chi connectivity index (χ4v) is 4.77. The van der Waals surface area contributed by atoms with Crippen molar-refractivity contribution in [2.24, 2.45) is 0 Å². The van der Waals surface area contributed by atoms with Crippen molar-refractivity contribution in [1.29, 1.82) is 0 Å². The summed E-state index contributed by atoms with van der Waals surface area (Å²) in [6, 6.07) is 5.18. The van der Waals surface area contributed by atoms with Gasteiger partial charge in [-0.15, -0.1) is 0 Å². The molecule has 3 aliphatic heterocycles. The Kier molecular flexibility index (Phi) is 2.54. The lowest BCUT2D eigenvalue weighted by molar-refractivity contribution is -0.155. The topological polar surface area (TPSA) is 90.0 Å². The third-order valence-electron chi connectivity index (χ3n) is 3.97. The average Bonchev–Trinajstić information content (AvgIpc) is 2.97. The summed E-state index contributed by atoms with van der Waals surface area (Å²) in [5.41, 5.74) is 0.131. The van der Waals surface area contributed by atoms with Crippen molar-refractivity contribution < 1.29 is 27.5 Å². The van der Waals surface area contributed by atoms with Crippen LogP contribution in [0, 0.1) is 0 Å². The van der Waals surface area contributed by atoms with Crippen LogP contribution in [0.15, 0.2) is 29.2 Å². The first-order valence-electron chi connectivity index (χ1n) is 6.48. The van der Waals surface area contributed by atoms with Crippen molar-refractivity contribution in [2.75, 3.05) is 6.61 Å². The molecule has 7 nitrogen and oxygen atoms in total. The Morgan fingerprint density at radius 1 is 1.19 bits per heavy atom. The van der Waals surface area contributed by atoms with Crippen LogP contribution in [-0.4, -0.2) is 49.5 Å². The third kappa shape index (κ3) is 1.63. The number of carbonyl (C=O) groups is 2. The average molecular weight is 309 g/mol. The van der Waals surface area contributed by atoms with E-state index in [1.54, 1.807) is 12.1 Å². The smallest absolute Gasteiger partial charge is 0.269 e. The van der Waals surface area contributed by atoms with Gasteiger partial charge >= 0.3 is 0 Å². The van der Waals surface area contributed by atoms with Gasteiger partial charge in [0, 0.05) is 6.42 Å². The van der Waals surface area contributed by atoms with E-state index in [1.807, 2.05) is 0 Å². The zero-order valence-electron chi connectivity index (χ0n) is 10.8. The first-order valence-corrected chi connectivity index (χ1v) is 7.92. The van der Waals surface area contributed by atoms with Crippen LogP contribution in [0.2, 0.25) is 0 Å². The maximum atomic E-state index is 12.6. The quantitative estimate of drug-likeness (QED) is 0.720. The predicted octanol–water partition coefficient (Wildman–Crippen LogP) is -0.0860. The Hall–Kier alpha value is -1.77. The minimum atomic E-state index is -3.95. The fourth-order valence-electron chi connectivity index (χ4n) is 2.99. The molecule has 0 aromatic heterocycles. The van der Waals surface area contributed by atoms with Crippen molar-refractivity contribution in [2.45, 2.75) is 29.8 Å². The summed E-state index contributed by atoms with van der Waals surface area (Å²) in [7, 11) is -3.95. The maximum Gasteiger partial charge on any atom is 0.269 e. The molecule has 0 N–H and O–H groups in total. The van der Waals surface area contributed by atoms with Crippen LogP contribution < -0.4 is 0 Å². The molecule has 0 spiro atoms. The highest BCUT2D eigenvalue weighted by atomic mass is 32.2. The van der Waals surface area contributed by atoms with Crippen LogP contribution in [0.5, 0.6) is 0 Å². The van der Waals surface area contributed by atoms with Gasteiger partial charge in [0.25, 0.3) is 15.9 Å². The largest absolute Gasteiger partial charge is 0.343 e. The summed E-state index contributed by atoms with van der Waals surface area (Å²) < 4.78 is 36.4. The van der Waals surface area contributed by atoms with Gasteiger partial charge in [0.05, 0.1) is 18.2 Å². The van der Waals surface area contributed by atoms with Gasteiger partial charge in [0.1, 0.15) is 11.0 Å². The van der Waals surface area contributed by atoms with Crippen LogP contribution >= 0.6 is 0 Å². The summed E-state index contributed by atoms with van der Waals surface area (Å²) in [6.07, 6.45) is -1.59. The molecule has 21 heavy (non-hydrogen) atoms. The van der Waals surface area contributed by atoms with Gasteiger partial charge in [-0.1, -0.05) is 12.1 Å². The highest BCUT2D eigenvalue weighted by Gasteiger charge is 2.53. The molecule has 2 fully saturated rings. The molecule has 3 heterocycles. The SMILES string of the molecule is O=C1C[C@H](N2C(=O)c3ccccc3S2(=O)=O)[C@@H]2CO[C@@H]1O2. The van der Waals surface area contributed by atoms with E-state index in [9.17, 15) is 18.0 Å². The van der Waals surface area contributed by atoms with Gasteiger partial charge in [0.15, 0.2) is 5.78 Å². The molecule has 1 aromatic carbocycles. The van der Waals surface area contributed by atoms with E-state index >= 15 is 0 Å². The number of Topliss-reactive ketones (excluding diaryl/α,β-unsaturated/α-hetero) is 1. The number of ether oxygens (including phenoxy) is 2. The van der Waals surface area contributed by atoms with Crippen LogP contribution in [0.3, 0.4) is 0 Å². The van der Waals surface area contributed by atoms with Crippen LogP contribution in [0.25, 0.3) is 0 Å². The van der Waals surface area contributed by atoms with E-state index in [0.717, 1.165) is 4.31 Å². The van der Waals surface area contributed by atoms with E-state index in [1.165, 1.54) is 12.1 Å². The third-order valence-corrected chi connectivity index (χ3v) is 5.83. The summed E-state index contributed by atoms with van der Waals surface area (Å²) in [6.45, 7) is 0.108. The highest BCUT2D eigenvalue weighted by Crippen LogP contribution is 2.37. The number of hydrogen-bond acceptors (Lipinski definition) is 6. The van der Waals surface area contributed by atoms with Crippen LogP contribution in [0.1, 0.15) is 16.8 Å². The summed E-state index contributed by atoms with van der Waals surface area (Å²) >= 11 is 0. The molecule has 8 heteroatoms. The molecule has 3 atom stereocenters. The molecule has 0 radical (unpaired) electrons. The molecule has 0 aliphatic carbocycles. The minimum Gasteiger partial charge on any atom is -0.343 e. The number of rotatable bonds is 1. The standard InChI is InChI=1S/C13H11NO6S/c15-9-5-8(10-6-19-13(9)20-10)14-12(16)7-3-1-2-4-11(7)21(14,17)18/h1-4,8,10,13H,5-6H2/t8-,10-,13+/m0/s1. The minimum absolute atomic E-state index is 0.0245. The number of benzene rings is 1. The van der Waals surface area contributed by atoms with Gasteiger partial charge in [-0.25, -0.2) is 12.7 Å². The zero-order chi connectivity index (χ0) is 14.8. The second-order valence-electron chi connectivity index (χ2n) is 5.18. The second kappa shape index (κ2) is 4.12. The van der Waals surface area contributed by atoms with Crippen molar-refractivity contribution >= 4 is 21.7 Å². The molecule has 1 aromatic rings. The number of hydrogen-bond donors (Lipinski definition) is 0. The molecule has 1 amide bonds. The van der Waals surface area contributed by atoms with Gasteiger partial charge in [-0.05, 0) is 12.1 Å². The maximum absolute atomic E-state index is 12.6. The number of ketones is 1. The predicted molar refractivity (Wildman–Crippen MR) is 67.8 cm³/mol. The number of amides is 1. The fraction of sp³-hybridized carbons (Fsp3) is 0.385. The lowest BCUT2D eigenvalue weighted by Crippen LogP contribution is -2.52. The molecule has 4 rings (SSSR count). The Labute approximate surface area is 120 Å². The number of carbonyl (C=O) groups excluding carboxylic acids is 2. The molecule has 0 saturated carbocycles. The first-order chi connectivity index (χ1) is 10.00. The molecular weight excluding hydrogens is 298 g/mol. The number of sulfonamides is 1. The van der Waals surface area contributed by atoms with E-state index in [-0.39, 0.29) is 29.3 Å². The van der Waals surface area contributed by atoms with Crippen molar-refractivity contribution in [1.82, 2.24) is 4.31 Å². The van der Waals surface area contributed by atoms with Gasteiger partial charge in [-0.3, -0.25) is 9.59 Å². The molecular formula is C13H11NO6S. The van der Waals surface area contributed by atoms with E-state index < -0.39 is 34.4 Å². The van der Waals surface area contributed by atoms with Crippen LogP contribution in [0.4, 0.5) is 0 Å². The summed E-state index contributed by atoms with van der Waals surface area (Å²) in [4.78, 5) is 24.2. The Bertz CT molecular complexity index is 758. The summed E-state index contributed by atoms with van der Waals surface area (Å²) in [5.74, 6) is -0.954. The van der Waals surface area contributed by atoms with Gasteiger partial charge in [0.2, 0.25) is 6.29 Å². The Balaban J connectivity index is 1.80. The zero-order valence-corrected chi connectivity index (χ0v) is 11.6. The van der Waals surface area contributed by atoms with E-state index in [4.69, 9.17) is 9.47 Å². The van der Waals surface area contributed by atoms with E-state index in [2.05, 4.69) is 0 Å². The lowest BCUT2D eigenvalue weighted by Gasteiger charge is -2.32. The monoisotopic (exact) mass is 309 g/mol. The number of nitrogens with zero attached hydrogens (tertiary/aromatic N) is 1. The molecule has 2 bridgehead atoms. The van der Waals surface area contributed by atoms with E-state index in [0.29, 0.717) is 0 Å². The van der Waals surface area contributed by atoms with Gasteiger partial charge in [-0.2, -0.15) is 0 Å². The molecule has 110 valence electrons. The van der Waals surface area contributed by atoms with Crippen molar-refractivity contribution in [3.8, 4) is 0 Å². The Morgan fingerprint density at radius 2 is 1.95 bits per heavy atom.